The van der Waals surface area contributed by atoms with Crippen molar-refractivity contribution in [3.8, 4) is 5.75 Å². The van der Waals surface area contributed by atoms with E-state index in [-0.39, 0.29) is 19.1 Å². The lowest BCUT2D eigenvalue weighted by atomic mass is 10.1. The highest BCUT2D eigenvalue weighted by atomic mass is 16.5. The zero-order valence-electron chi connectivity index (χ0n) is 14.2. The molecule has 0 atom stereocenters. The molecule has 2 rings (SSSR count). The van der Waals surface area contributed by atoms with Crippen molar-refractivity contribution in [3.63, 3.8) is 0 Å². The third-order valence-corrected chi connectivity index (χ3v) is 3.76. The average Bonchev–Trinajstić information content (AvgIpc) is 2.62. The summed E-state index contributed by atoms with van der Waals surface area (Å²) in [6, 6.07) is 16.1. The molecule has 2 aromatic rings. The molecule has 0 aliphatic heterocycles. The third kappa shape index (κ3) is 5.41. The number of hydrogen-bond donors (Lipinski definition) is 2. The van der Waals surface area contributed by atoms with Crippen LogP contribution in [0.15, 0.2) is 48.5 Å². The molecule has 4 nitrogen and oxygen atoms in total. The van der Waals surface area contributed by atoms with Gasteiger partial charge in [-0.3, -0.25) is 0 Å². The Hall–Kier alpha value is -2.30. The van der Waals surface area contributed by atoms with Gasteiger partial charge in [0.25, 0.3) is 0 Å². The lowest BCUT2D eigenvalue weighted by molar-refractivity contribution is 0.106. The Morgan fingerprint density at radius 2 is 1.38 bits per heavy atom. The minimum atomic E-state index is -0.241. The summed E-state index contributed by atoms with van der Waals surface area (Å²) in [4.78, 5) is 2.07. The SMILES string of the molecule is CN(C)c1ccc(/C=C/c2ccc(OCC(CO)CO)cc2)cc1. The molecule has 128 valence electrons. The van der Waals surface area contributed by atoms with Crippen LogP contribution >= 0.6 is 0 Å². The smallest absolute Gasteiger partial charge is 0.119 e. The van der Waals surface area contributed by atoms with Crippen LogP contribution in [0.5, 0.6) is 5.75 Å². The molecule has 4 heteroatoms. The zero-order valence-corrected chi connectivity index (χ0v) is 14.2. The minimum absolute atomic E-state index is 0.0794. The summed E-state index contributed by atoms with van der Waals surface area (Å²) in [5.41, 5.74) is 3.41. The summed E-state index contributed by atoms with van der Waals surface area (Å²) in [6.45, 7) is 0.147. The highest BCUT2D eigenvalue weighted by molar-refractivity contribution is 5.70. The molecule has 2 N–H and O–H groups in total. The van der Waals surface area contributed by atoms with E-state index in [1.807, 2.05) is 38.4 Å². The van der Waals surface area contributed by atoms with E-state index in [1.54, 1.807) is 0 Å². The van der Waals surface area contributed by atoms with E-state index in [0.29, 0.717) is 6.61 Å². The number of ether oxygens (including phenoxy) is 1. The van der Waals surface area contributed by atoms with Gasteiger partial charge in [0.05, 0.1) is 19.8 Å². The molecule has 0 saturated carbocycles. The molecule has 0 fully saturated rings. The molecule has 0 radical (unpaired) electrons. The van der Waals surface area contributed by atoms with E-state index in [9.17, 15) is 0 Å². The van der Waals surface area contributed by atoms with Crippen molar-refractivity contribution in [1.29, 1.82) is 0 Å². The van der Waals surface area contributed by atoms with Crippen molar-refractivity contribution >= 4 is 17.8 Å². The van der Waals surface area contributed by atoms with Crippen molar-refractivity contribution in [1.82, 2.24) is 0 Å². The largest absolute Gasteiger partial charge is 0.493 e. The van der Waals surface area contributed by atoms with E-state index < -0.39 is 0 Å². The second-order valence-corrected chi connectivity index (χ2v) is 5.93. The fraction of sp³-hybridized carbons (Fsp3) is 0.300. The van der Waals surface area contributed by atoms with Crippen molar-refractivity contribution in [2.75, 3.05) is 38.8 Å². The van der Waals surface area contributed by atoms with Gasteiger partial charge in [0.2, 0.25) is 0 Å². The van der Waals surface area contributed by atoms with Gasteiger partial charge in [-0.15, -0.1) is 0 Å². The van der Waals surface area contributed by atoms with Crippen molar-refractivity contribution < 1.29 is 14.9 Å². The molecule has 0 unspecified atom stereocenters. The normalized spacial score (nSPS) is 11.2. The number of hydrogen-bond acceptors (Lipinski definition) is 4. The minimum Gasteiger partial charge on any atom is -0.493 e. The van der Waals surface area contributed by atoms with Gasteiger partial charge in [-0.2, -0.15) is 0 Å². The summed E-state index contributed by atoms with van der Waals surface area (Å²) in [7, 11) is 4.05. The van der Waals surface area contributed by atoms with E-state index in [4.69, 9.17) is 14.9 Å². The number of benzene rings is 2. The van der Waals surface area contributed by atoms with Gasteiger partial charge in [-0.25, -0.2) is 0 Å². The van der Waals surface area contributed by atoms with Crippen LogP contribution in [-0.4, -0.2) is 44.1 Å². The number of anilines is 1. The first kappa shape index (κ1) is 18.0. The zero-order chi connectivity index (χ0) is 17.4. The van der Waals surface area contributed by atoms with Crippen molar-refractivity contribution in [3.05, 3.63) is 59.7 Å². The third-order valence-electron chi connectivity index (χ3n) is 3.76. The second kappa shape index (κ2) is 9.11. The molecule has 0 amide bonds. The highest BCUT2D eigenvalue weighted by Gasteiger charge is 2.06. The van der Waals surface area contributed by atoms with Crippen LogP contribution < -0.4 is 9.64 Å². The molecular weight excluding hydrogens is 302 g/mol. The molecule has 0 aliphatic rings. The van der Waals surface area contributed by atoms with Gasteiger partial charge < -0.3 is 19.8 Å². The first-order valence-corrected chi connectivity index (χ1v) is 8.02. The van der Waals surface area contributed by atoms with Gasteiger partial charge in [0.15, 0.2) is 0 Å². The number of aliphatic hydroxyl groups excluding tert-OH is 2. The predicted octanol–water partition coefficient (Wildman–Crippen LogP) is 2.90. The van der Waals surface area contributed by atoms with E-state index in [0.717, 1.165) is 16.9 Å². The molecule has 2 aromatic carbocycles. The van der Waals surface area contributed by atoms with Crippen LogP contribution in [0.1, 0.15) is 11.1 Å². The summed E-state index contributed by atoms with van der Waals surface area (Å²) >= 11 is 0. The maximum atomic E-state index is 9.02. The Labute approximate surface area is 143 Å². The molecule has 24 heavy (non-hydrogen) atoms. The van der Waals surface area contributed by atoms with E-state index in [1.165, 1.54) is 5.69 Å². The summed E-state index contributed by atoms with van der Waals surface area (Å²) in [5.74, 6) is 0.490. The van der Waals surface area contributed by atoms with Crippen LogP contribution in [0.25, 0.3) is 12.2 Å². The second-order valence-electron chi connectivity index (χ2n) is 5.93. The van der Waals surface area contributed by atoms with Gasteiger partial charge in [0.1, 0.15) is 5.75 Å². The Morgan fingerprint density at radius 1 is 0.875 bits per heavy atom. The fourth-order valence-electron chi connectivity index (χ4n) is 2.13. The summed E-state index contributed by atoms with van der Waals surface area (Å²) in [5, 5.41) is 18.0. The molecule has 0 spiro atoms. The maximum Gasteiger partial charge on any atom is 0.119 e. The Morgan fingerprint density at radius 3 is 1.83 bits per heavy atom. The van der Waals surface area contributed by atoms with E-state index in [2.05, 4.69) is 41.3 Å². The quantitative estimate of drug-likeness (QED) is 0.732. The maximum absolute atomic E-state index is 9.02. The Bertz CT molecular complexity index is 629. The number of nitrogens with zero attached hydrogens (tertiary/aromatic N) is 1. The number of rotatable bonds is 8. The van der Waals surface area contributed by atoms with Crippen LogP contribution in [0.4, 0.5) is 5.69 Å². The number of aliphatic hydroxyl groups is 2. The van der Waals surface area contributed by atoms with Crippen LogP contribution in [0.3, 0.4) is 0 Å². The summed E-state index contributed by atoms with van der Waals surface area (Å²) in [6.07, 6.45) is 4.13. The van der Waals surface area contributed by atoms with Gasteiger partial charge in [-0.1, -0.05) is 36.4 Å². The van der Waals surface area contributed by atoms with Crippen LogP contribution in [0, 0.1) is 5.92 Å². The molecule has 0 saturated heterocycles. The molecular formula is C20H25NO3. The lowest BCUT2D eigenvalue weighted by Crippen LogP contribution is -2.19. The monoisotopic (exact) mass is 327 g/mol. The molecule has 0 aromatic heterocycles. The van der Waals surface area contributed by atoms with E-state index >= 15 is 0 Å². The standard InChI is InChI=1S/C20H25NO3/c1-21(2)19-9-5-16(6-10-19)3-4-17-7-11-20(12-8-17)24-15-18(13-22)14-23/h3-12,18,22-23H,13-15H2,1-2H3/b4-3+. The first-order valence-electron chi connectivity index (χ1n) is 8.02. The van der Waals surface area contributed by atoms with Gasteiger partial charge >= 0.3 is 0 Å². The van der Waals surface area contributed by atoms with Crippen LogP contribution in [-0.2, 0) is 0 Å². The highest BCUT2D eigenvalue weighted by Crippen LogP contribution is 2.17. The molecule has 0 aliphatic carbocycles. The Kier molecular flexibility index (Phi) is 6.85. The van der Waals surface area contributed by atoms with Crippen LogP contribution in [0.2, 0.25) is 0 Å². The van der Waals surface area contributed by atoms with Crippen molar-refractivity contribution in [2.24, 2.45) is 5.92 Å². The summed E-state index contributed by atoms with van der Waals surface area (Å²) < 4.78 is 5.55. The van der Waals surface area contributed by atoms with Crippen molar-refractivity contribution in [2.45, 2.75) is 0 Å². The average molecular weight is 327 g/mol. The van der Waals surface area contributed by atoms with Gasteiger partial charge in [-0.05, 0) is 35.4 Å². The fourth-order valence-corrected chi connectivity index (χ4v) is 2.13. The lowest BCUT2D eigenvalue weighted by Gasteiger charge is -2.12. The Balaban J connectivity index is 1.93. The van der Waals surface area contributed by atoms with Gasteiger partial charge in [0, 0.05) is 25.7 Å². The topological polar surface area (TPSA) is 52.9 Å². The predicted molar refractivity (Wildman–Crippen MR) is 99.3 cm³/mol. The molecule has 0 bridgehead atoms. The molecule has 0 heterocycles. The first-order chi connectivity index (χ1) is 11.6.